The van der Waals surface area contributed by atoms with E-state index in [0.29, 0.717) is 5.69 Å². The van der Waals surface area contributed by atoms with Crippen LogP contribution in [0, 0.1) is 0 Å². The largest absolute Gasteiger partial charge is 0.489 e. The number of nitrogens with one attached hydrogen (secondary N) is 2. The molecular formula is C14H16N4O5S. The molecule has 0 unspecified atom stereocenters. The van der Waals surface area contributed by atoms with Crippen molar-refractivity contribution >= 4 is 27.4 Å². The summed E-state index contributed by atoms with van der Waals surface area (Å²) in [5, 5.41) is 2.56. The van der Waals surface area contributed by atoms with Crippen LogP contribution in [-0.2, 0) is 14.8 Å². The van der Waals surface area contributed by atoms with Gasteiger partial charge in [-0.2, -0.15) is 4.98 Å². The highest BCUT2D eigenvalue weighted by atomic mass is 32.2. The number of hydrogen-bond donors (Lipinski definition) is 2. The average molecular weight is 352 g/mol. The normalized spacial score (nSPS) is 10.8. The Kier molecular flexibility index (Phi) is 5.19. The number of rotatable bonds is 6. The molecule has 9 nitrogen and oxygen atoms in total. The van der Waals surface area contributed by atoms with Gasteiger partial charge < -0.3 is 14.8 Å². The van der Waals surface area contributed by atoms with Crippen molar-refractivity contribution in [2.45, 2.75) is 11.8 Å². The molecule has 1 amide bonds. The summed E-state index contributed by atoms with van der Waals surface area (Å²) in [6.07, 6.45) is 1.15. The molecule has 24 heavy (non-hydrogen) atoms. The quantitative estimate of drug-likeness (QED) is 0.803. The molecule has 0 fully saturated rings. The highest BCUT2D eigenvalue weighted by molar-refractivity contribution is 7.92. The predicted molar refractivity (Wildman–Crippen MR) is 86.7 cm³/mol. The Bertz CT molecular complexity index is 837. The Labute approximate surface area is 139 Å². The Morgan fingerprint density at radius 3 is 2.29 bits per heavy atom. The van der Waals surface area contributed by atoms with Crippen LogP contribution in [0.3, 0.4) is 0 Å². The standard InChI is InChI=1S/C14H16N4O5S/c1-9(19)17-10-4-6-11(7-5-10)24(20,21)18-13-12(22-2)14(23-3)16-8-15-13/h4-8H,1-3H3,(H,17,19)(H,15,16,18). The number of aromatic nitrogens is 2. The number of ether oxygens (including phenoxy) is 2. The lowest BCUT2D eigenvalue weighted by molar-refractivity contribution is -0.114. The van der Waals surface area contributed by atoms with Crippen molar-refractivity contribution in [2.75, 3.05) is 24.3 Å². The molecule has 1 heterocycles. The second-order valence-electron chi connectivity index (χ2n) is 4.58. The van der Waals surface area contributed by atoms with E-state index in [9.17, 15) is 13.2 Å². The maximum absolute atomic E-state index is 12.4. The first-order valence-electron chi connectivity index (χ1n) is 6.71. The van der Waals surface area contributed by atoms with Gasteiger partial charge in [0.05, 0.1) is 19.1 Å². The third kappa shape index (κ3) is 3.90. The summed E-state index contributed by atoms with van der Waals surface area (Å²) >= 11 is 0. The number of methoxy groups -OCH3 is 2. The molecule has 2 N–H and O–H groups in total. The van der Waals surface area contributed by atoms with Gasteiger partial charge in [0.15, 0.2) is 5.82 Å². The summed E-state index contributed by atoms with van der Waals surface area (Å²) in [5.74, 6) is -0.124. The van der Waals surface area contributed by atoms with Crippen molar-refractivity contribution in [3.05, 3.63) is 30.6 Å². The zero-order chi connectivity index (χ0) is 17.7. The minimum absolute atomic E-state index is 0.00349. The zero-order valence-corrected chi connectivity index (χ0v) is 14.0. The van der Waals surface area contributed by atoms with Crippen molar-refractivity contribution in [3.63, 3.8) is 0 Å². The van der Waals surface area contributed by atoms with E-state index in [1.165, 1.54) is 45.4 Å². The maximum atomic E-state index is 12.4. The number of carbonyl (C=O) groups is 1. The molecular weight excluding hydrogens is 336 g/mol. The molecule has 0 radical (unpaired) electrons. The van der Waals surface area contributed by atoms with E-state index in [1.54, 1.807) is 0 Å². The van der Waals surface area contributed by atoms with Gasteiger partial charge in [-0.25, -0.2) is 13.4 Å². The Hall–Kier alpha value is -2.88. The van der Waals surface area contributed by atoms with E-state index in [1.807, 2.05) is 0 Å². The second kappa shape index (κ2) is 7.13. The first kappa shape index (κ1) is 17.5. The molecule has 0 saturated carbocycles. The Morgan fingerprint density at radius 1 is 1.08 bits per heavy atom. The monoisotopic (exact) mass is 352 g/mol. The number of nitrogens with zero attached hydrogens (tertiary/aromatic N) is 2. The number of sulfonamides is 1. The van der Waals surface area contributed by atoms with Crippen LogP contribution in [0.5, 0.6) is 11.6 Å². The Morgan fingerprint density at radius 2 is 1.75 bits per heavy atom. The molecule has 0 saturated heterocycles. The molecule has 10 heteroatoms. The lowest BCUT2D eigenvalue weighted by Crippen LogP contribution is -2.15. The third-order valence-corrected chi connectivity index (χ3v) is 4.24. The van der Waals surface area contributed by atoms with Crippen LogP contribution in [0.25, 0.3) is 0 Å². The predicted octanol–water partition coefficient (Wildman–Crippen LogP) is 1.25. The first-order chi connectivity index (χ1) is 11.4. The first-order valence-corrected chi connectivity index (χ1v) is 8.19. The zero-order valence-electron chi connectivity index (χ0n) is 13.2. The molecule has 0 aliphatic rings. The van der Waals surface area contributed by atoms with Gasteiger partial charge in [-0.05, 0) is 24.3 Å². The average Bonchev–Trinajstić information content (AvgIpc) is 2.54. The number of amides is 1. The van der Waals surface area contributed by atoms with E-state index in [4.69, 9.17) is 9.47 Å². The fourth-order valence-electron chi connectivity index (χ4n) is 1.87. The molecule has 0 aliphatic carbocycles. The van der Waals surface area contributed by atoms with Crippen molar-refractivity contribution in [3.8, 4) is 11.6 Å². The third-order valence-electron chi connectivity index (χ3n) is 2.88. The fraction of sp³-hybridized carbons (Fsp3) is 0.214. The summed E-state index contributed by atoms with van der Waals surface area (Å²) in [5.41, 5.74) is 0.489. The Balaban J connectivity index is 2.30. The number of anilines is 2. The number of carbonyl (C=O) groups excluding carboxylic acids is 1. The van der Waals surface area contributed by atoms with E-state index in [0.717, 1.165) is 6.33 Å². The summed E-state index contributed by atoms with van der Waals surface area (Å²) in [6.45, 7) is 1.36. The second-order valence-corrected chi connectivity index (χ2v) is 6.26. The molecule has 2 aromatic rings. The van der Waals surface area contributed by atoms with Gasteiger partial charge in [0.1, 0.15) is 6.33 Å². The van der Waals surface area contributed by atoms with E-state index < -0.39 is 10.0 Å². The number of hydrogen-bond acceptors (Lipinski definition) is 7. The lowest BCUT2D eigenvalue weighted by atomic mass is 10.3. The summed E-state index contributed by atoms with van der Waals surface area (Å²) in [7, 11) is -1.18. The highest BCUT2D eigenvalue weighted by Crippen LogP contribution is 2.32. The van der Waals surface area contributed by atoms with Crippen LogP contribution in [0.15, 0.2) is 35.5 Å². The molecule has 0 atom stereocenters. The number of benzene rings is 1. The fourth-order valence-corrected chi connectivity index (χ4v) is 2.88. The lowest BCUT2D eigenvalue weighted by Gasteiger charge is -2.12. The van der Waals surface area contributed by atoms with Gasteiger partial charge in [0.2, 0.25) is 11.7 Å². The van der Waals surface area contributed by atoms with Gasteiger partial charge in [0, 0.05) is 12.6 Å². The van der Waals surface area contributed by atoms with Gasteiger partial charge >= 0.3 is 0 Å². The van der Waals surface area contributed by atoms with Crippen LogP contribution >= 0.6 is 0 Å². The molecule has 1 aromatic heterocycles. The summed E-state index contributed by atoms with van der Waals surface area (Å²) < 4.78 is 37.3. The van der Waals surface area contributed by atoms with Crippen LogP contribution in [0.4, 0.5) is 11.5 Å². The van der Waals surface area contributed by atoms with Crippen LogP contribution in [0.2, 0.25) is 0 Å². The SMILES string of the molecule is COc1ncnc(NS(=O)(=O)c2ccc(NC(C)=O)cc2)c1OC. The molecule has 0 aliphatic heterocycles. The molecule has 0 bridgehead atoms. The van der Waals surface area contributed by atoms with Crippen molar-refractivity contribution in [1.29, 1.82) is 0 Å². The van der Waals surface area contributed by atoms with Crippen molar-refractivity contribution in [2.24, 2.45) is 0 Å². The molecule has 2 rings (SSSR count). The van der Waals surface area contributed by atoms with Gasteiger partial charge in [-0.3, -0.25) is 9.52 Å². The molecule has 1 aromatic carbocycles. The van der Waals surface area contributed by atoms with Crippen LogP contribution < -0.4 is 19.5 Å². The molecule has 128 valence electrons. The smallest absolute Gasteiger partial charge is 0.263 e. The maximum Gasteiger partial charge on any atom is 0.263 e. The van der Waals surface area contributed by atoms with Gasteiger partial charge in [-0.1, -0.05) is 0 Å². The van der Waals surface area contributed by atoms with Gasteiger partial charge in [-0.15, -0.1) is 0 Å². The van der Waals surface area contributed by atoms with E-state index in [2.05, 4.69) is 20.0 Å². The van der Waals surface area contributed by atoms with E-state index >= 15 is 0 Å². The van der Waals surface area contributed by atoms with Crippen molar-refractivity contribution in [1.82, 2.24) is 9.97 Å². The van der Waals surface area contributed by atoms with Crippen LogP contribution in [-0.4, -0.2) is 38.5 Å². The summed E-state index contributed by atoms with van der Waals surface area (Å²) in [4.78, 5) is 18.7. The van der Waals surface area contributed by atoms with Crippen molar-refractivity contribution < 1.29 is 22.7 Å². The molecule has 0 spiro atoms. The highest BCUT2D eigenvalue weighted by Gasteiger charge is 2.20. The van der Waals surface area contributed by atoms with Gasteiger partial charge in [0.25, 0.3) is 15.9 Å². The summed E-state index contributed by atoms with van der Waals surface area (Å²) in [6, 6.07) is 5.68. The van der Waals surface area contributed by atoms with E-state index in [-0.39, 0.29) is 28.3 Å². The topological polar surface area (TPSA) is 120 Å². The van der Waals surface area contributed by atoms with Crippen LogP contribution in [0.1, 0.15) is 6.92 Å². The minimum Gasteiger partial charge on any atom is -0.489 e. The minimum atomic E-state index is -3.90.